The van der Waals surface area contributed by atoms with E-state index in [0.29, 0.717) is 11.6 Å². The van der Waals surface area contributed by atoms with Gasteiger partial charge in [-0.15, -0.1) is 0 Å². The van der Waals surface area contributed by atoms with Crippen molar-refractivity contribution in [3.63, 3.8) is 0 Å². The zero-order chi connectivity index (χ0) is 13.5. The van der Waals surface area contributed by atoms with Gasteiger partial charge in [0.2, 0.25) is 5.75 Å². The SMILES string of the molecule is CCCN(CCN(C)C)c1ncnc(N)c1OC. The molecule has 0 fully saturated rings. The van der Waals surface area contributed by atoms with Gasteiger partial charge in [0.05, 0.1) is 7.11 Å². The minimum atomic E-state index is 0.383. The number of nitrogen functional groups attached to an aromatic ring is 1. The first-order chi connectivity index (χ1) is 8.60. The summed E-state index contributed by atoms with van der Waals surface area (Å²) in [5.74, 6) is 1.71. The van der Waals surface area contributed by atoms with Crippen LogP contribution in [0.1, 0.15) is 13.3 Å². The minimum absolute atomic E-state index is 0.383. The highest BCUT2D eigenvalue weighted by Crippen LogP contribution is 2.29. The molecule has 1 rings (SSSR count). The van der Waals surface area contributed by atoms with Crippen LogP contribution in [0.5, 0.6) is 5.75 Å². The first kappa shape index (κ1) is 14.5. The number of methoxy groups -OCH3 is 1. The molecule has 102 valence electrons. The summed E-state index contributed by atoms with van der Waals surface area (Å²) in [5, 5.41) is 0. The average Bonchev–Trinajstić information content (AvgIpc) is 2.34. The fourth-order valence-corrected chi connectivity index (χ4v) is 1.71. The number of hydrogen-bond donors (Lipinski definition) is 1. The maximum absolute atomic E-state index is 5.81. The third kappa shape index (κ3) is 3.73. The molecule has 2 N–H and O–H groups in total. The highest BCUT2D eigenvalue weighted by atomic mass is 16.5. The summed E-state index contributed by atoms with van der Waals surface area (Å²) >= 11 is 0. The molecule has 1 heterocycles. The van der Waals surface area contributed by atoms with Crippen molar-refractivity contribution in [1.82, 2.24) is 14.9 Å². The van der Waals surface area contributed by atoms with Gasteiger partial charge in [-0.25, -0.2) is 9.97 Å². The molecule has 0 amide bonds. The predicted molar refractivity (Wildman–Crippen MR) is 74.1 cm³/mol. The van der Waals surface area contributed by atoms with Gasteiger partial charge in [0.25, 0.3) is 0 Å². The monoisotopic (exact) mass is 253 g/mol. The standard InChI is InChI=1S/C12H23N5O/c1-5-6-17(8-7-16(2)3)12-10(18-4)11(13)14-9-15-12/h9H,5-8H2,1-4H3,(H2,13,14,15). The van der Waals surface area contributed by atoms with E-state index in [0.717, 1.165) is 31.9 Å². The second-order valence-corrected chi connectivity index (χ2v) is 4.41. The lowest BCUT2D eigenvalue weighted by molar-refractivity contribution is 0.400. The van der Waals surface area contributed by atoms with Gasteiger partial charge in [0, 0.05) is 19.6 Å². The van der Waals surface area contributed by atoms with Crippen LogP contribution in [0.25, 0.3) is 0 Å². The number of likely N-dealkylation sites (N-methyl/N-ethyl adjacent to an activating group) is 1. The zero-order valence-corrected chi connectivity index (χ0v) is 11.7. The molecular formula is C12H23N5O. The van der Waals surface area contributed by atoms with Crippen LogP contribution >= 0.6 is 0 Å². The molecule has 1 aromatic rings. The number of hydrogen-bond acceptors (Lipinski definition) is 6. The molecule has 0 aliphatic rings. The molecule has 18 heavy (non-hydrogen) atoms. The summed E-state index contributed by atoms with van der Waals surface area (Å²) < 4.78 is 5.30. The number of aromatic nitrogens is 2. The first-order valence-electron chi connectivity index (χ1n) is 6.14. The van der Waals surface area contributed by atoms with Crippen molar-refractivity contribution in [1.29, 1.82) is 0 Å². The van der Waals surface area contributed by atoms with Gasteiger partial charge in [0.15, 0.2) is 11.6 Å². The molecule has 0 radical (unpaired) electrons. The summed E-state index contributed by atoms with van der Waals surface area (Å²) in [6.07, 6.45) is 2.52. The lowest BCUT2D eigenvalue weighted by Crippen LogP contribution is -2.33. The van der Waals surface area contributed by atoms with Crippen LogP contribution in [-0.4, -0.2) is 55.7 Å². The Kier molecular flexibility index (Phi) is 5.64. The maximum atomic E-state index is 5.81. The Morgan fingerprint density at radius 3 is 2.50 bits per heavy atom. The van der Waals surface area contributed by atoms with Crippen LogP contribution in [0.15, 0.2) is 6.33 Å². The van der Waals surface area contributed by atoms with E-state index >= 15 is 0 Å². The summed E-state index contributed by atoms with van der Waals surface area (Å²) in [4.78, 5) is 12.6. The molecule has 0 aromatic carbocycles. The van der Waals surface area contributed by atoms with E-state index in [9.17, 15) is 0 Å². The Morgan fingerprint density at radius 2 is 1.94 bits per heavy atom. The fraction of sp³-hybridized carbons (Fsp3) is 0.667. The molecular weight excluding hydrogens is 230 g/mol. The molecule has 0 spiro atoms. The van der Waals surface area contributed by atoms with Crippen molar-refractivity contribution in [3.8, 4) is 5.75 Å². The highest BCUT2D eigenvalue weighted by Gasteiger charge is 2.16. The molecule has 0 atom stereocenters. The van der Waals surface area contributed by atoms with Crippen molar-refractivity contribution in [3.05, 3.63) is 6.33 Å². The summed E-state index contributed by atoms with van der Waals surface area (Å²) in [6.45, 7) is 4.89. The van der Waals surface area contributed by atoms with Crippen LogP contribution in [-0.2, 0) is 0 Å². The Hall–Kier alpha value is -1.56. The quantitative estimate of drug-likeness (QED) is 0.777. The predicted octanol–water partition coefficient (Wildman–Crippen LogP) is 0.845. The van der Waals surface area contributed by atoms with E-state index in [1.54, 1.807) is 7.11 Å². The molecule has 6 heteroatoms. The summed E-state index contributed by atoms with van der Waals surface area (Å²) in [5.41, 5.74) is 5.81. The topological polar surface area (TPSA) is 67.5 Å². The van der Waals surface area contributed by atoms with Gasteiger partial charge >= 0.3 is 0 Å². The number of rotatable bonds is 7. The number of ether oxygens (including phenoxy) is 1. The van der Waals surface area contributed by atoms with Gasteiger partial charge in [0.1, 0.15) is 6.33 Å². The van der Waals surface area contributed by atoms with Crippen LogP contribution in [0.4, 0.5) is 11.6 Å². The Morgan fingerprint density at radius 1 is 1.22 bits per heavy atom. The Bertz CT molecular complexity index is 369. The normalized spacial score (nSPS) is 10.7. The molecule has 0 aliphatic carbocycles. The number of nitrogens with zero attached hydrogens (tertiary/aromatic N) is 4. The number of nitrogens with two attached hydrogens (primary N) is 1. The molecule has 0 saturated carbocycles. The van der Waals surface area contributed by atoms with Crippen LogP contribution in [0.2, 0.25) is 0 Å². The Labute approximate surface area is 109 Å². The Balaban J connectivity index is 2.93. The fourth-order valence-electron chi connectivity index (χ4n) is 1.71. The third-order valence-electron chi connectivity index (χ3n) is 2.63. The molecule has 0 unspecified atom stereocenters. The van der Waals surface area contributed by atoms with Gasteiger partial charge in [-0.2, -0.15) is 0 Å². The molecule has 0 saturated heterocycles. The summed E-state index contributed by atoms with van der Waals surface area (Å²) in [7, 11) is 5.69. The van der Waals surface area contributed by atoms with Gasteiger partial charge in [-0.05, 0) is 20.5 Å². The van der Waals surface area contributed by atoms with Gasteiger partial charge < -0.3 is 20.3 Å². The largest absolute Gasteiger partial charge is 0.490 e. The molecule has 6 nitrogen and oxygen atoms in total. The van der Waals surface area contributed by atoms with Gasteiger partial charge in [-0.3, -0.25) is 0 Å². The van der Waals surface area contributed by atoms with E-state index in [1.807, 2.05) is 0 Å². The molecule has 0 aliphatic heterocycles. The van der Waals surface area contributed by atoms with Crippen LogP contribution in [0.3, 0.4) is 0 Å². The van der Waals surface area contributed by atoms with Crippen molar-refractivity contribution in [2.24, 2.45) is 0 Å². The van der Waals surface area contributed by atoms with Gasteiger partial charge in [-0.1, -0.05) is 6.92 Å². The number of anilines is 2. The van der Waals surface area contributed by atoms with E-state index in [2.05, 4.69) is 40.8 Å². The second kappa shape index (κ2) is 7.00. The van der Waals surface area contributed by atoms with Crippen molar-refractivity contribution >= 4 is 11.6 Å². The molecule has 1 aromatic heterocycles. The summed E-state index contributed by atoms with van der Waals surface area (Å²) in [6, 6.07) is 0. The molecule has 0 bridgehead atoms. The van der Waals surface area contributed by atoms with Crippen LogP contribution < -0.4 is 15.4 Å². The smallest absolute Gasteiger partial charge is 0.204 e. The maximum Gasteiger partial charge on any atom is 0.204 e. The van der Waals surface area contributed by atoms with E-state index in [4.69, 9.17) is 10.5 Å². The van der Waals surface area contributed by atoms with Crippen molar-refractivity contribution in [2.75, 3.05) is 51.5 Å². The zero-order valence-electron chi connectivity index (χ0n) is 11.7. The second-order valence-electron chi connectivity index (χ2n) is 4.41. The van der Waals surface area contributed by atoms with E-state index in [-0.39, 0.29) is 0 Å². The van der Waals surface area contributed by atoms with E-state index < -0.39 is 0 Å². The first-order valence-corrected chi connectivity index (χ1v) is 6.14. The average molecular weight is 253 g/mol. The highest BCUT2D eigenvalue weighted by molar-refractivity contribution is 5.62. The van der Waals surface area contributed by atoms with Crippen LogP contribution in [0, 0.1) is 0 Å². The van der Waals surface area contributed by atoms with E-state index in [1.165, 1.54) is 6.33 Å². The lowest BCUT2D eigenvalue weighted by atomic mass is 10.3. The lowest BCUT2D eigenvalue weighted by Gasteiger charge is -2.26. The van der Waals surface area contributed by atoms with Crippen molar-refractivity contribution < 1.29 is 4.74 Å². The minimum Gasteiger partial charge on any atom is -0.490 e. The third-order valence-corrected chi connectivity index (χ3v) is 2.63. The van der Waals surface area contributed by atoms with Crippen molar-refractivity contribution in [2.45, 2.75) is 13.3 Å².